The first-order valence-corrected chi connectivity index (χ1v) is 12.6. The fraction of sp³-hybridized carbons (Fsp3) is 0.435. The van der Waals surface area contributed by atoms with E-state index < -0.39 is 22.0 Å². The Morgan fingerprint density at radius 2 is 1.85 bits per heavy atom. The third-order valence-corrected chi connectivity index (χ3v) is 7.04. The number of carbonyl (C=O) groups excluding carboxylic acids is 1. The number of rotatable bonds is 13. The standard InChI is InChI=1S/C23H31ClN2O6S/c1-17(2)14-22(23(27)25-28)26(16-18-6-4-7-20(15-18)31-3)33(29,30)21-10-8-19(9-11-21)32-13-5-12-24/h4,6-11,15,17,22,28H,5,12-14,16H2,1-3H3,(H,25,27)/t22-/m1/s1. The number of alkyl halides is 1. The number of carbonyl (C=O) groups is 1. The van der Waals surface area contributed by atoms with Crippen molar-refractivity contribution in [1.29, 1.82) is 0 Å². The molecule has 8 nitrogen and oxygen atoms in total. The van der Waals surface area contributed by atoms with Crippen molar-refractivity contribution in [3.05, 3.63) is 54.1 Å². The lowest BCUT2D eigenvalue weighted by atomic mass is 10.0. The molecule has 0 unspecified atom stereocenters. The van der Waals surface area contributed by atoms with Gasteiger partial charge in [0.25, 0.3) is 5.91 Å². The summed E-state index contributed by atoms with van der Waals surface area (Å²) >= 11 is 5.65. The van der Waals surface area contributed by atoms with Gasteiger partial charge in [0.2, 0.25) is 10.0 Å². The number of methoxy groups -OCH3 is 1. The third-order valence-electron chi connectivity index (χ3n) is 4.90. The topological polar surface area (TPSA) is 105 Å². The van der Waals surface area contributed by atoms with Crippen LogP contribution in [0.3, 0.4) is 0 Å². The molecule has 2 rings (SSSR count). The Kier molecular flexibility index (Phi) is 10.4. The van der Waals surface area contributed by atoms with E-state index in [1.165, 1.54) is 19.2 Å². The Morgan fingerprint density at radius 3 is 2.42 bits per heavy atom. The molecule has 0 bridgehead atoms. The molecule has 182 valence electrons. The van der Waals surface area contributed by atoms with E-state index in [0.29, 0.717) is 36.0 Å². The van der Waals surface area contributed by atoms with Gasteiger partial charge >= 0.3 is 0 Å². The van der Waals surface area contributed by atoms with Crippen LogP contribution >= 0.6 is 11.6 Å². The molecule has 2 aromatic carbocycles. The summed E-state index contributed by atoms with van der Waals surface area (Å²) in [6.07, 6.45) is 0.887. The lowest BCUT2D eigenvalue weighted by Gasteiger charge is -2.30. The molecule has 0 saturated heterocycles. The normalized spacial score (nSPS) is 12.6. The van der Waals surface area contributed by atoms with Gasteiger partial charge in [-0.25, -0.2) is 13.9 Å². The number of benzene rings is 2. The van der Waals surface area contributed by atoms with Crippen LogP contribution < -0.4 is 15.0 Å². The Bertz CT molecular complexity index is 998. The molecule has 0 spiro atoms. The van der Waals surface area contributed by atoms with E-state index in [0.717, 1.165) is 4.31 Å². The molecule has 2 aromatic rings. The highest BCUT2D eigenvalue weighted by Gasteiger charge is 2.36. The quantitative estimate of drug-likeness (QED) is 0.188. The maximum Gasteiger partial charge on any atom is 0.261 e. The summed E-state index contributed by atoms with van der Waals surface area (Å²) in [5, 5.41) is 9.32. The van der Waals surface area contributed by atoms with Crippen molar-refractivity contribution in [2.45, 2.75) is 44.2 Å². The highest BCUT2D eigenvalue weighted by atomic mass is 35.5. The summed E-state index contributed by atoms with van der Waals surface area (Å²) in [7, 11) is -2.60. The number of ether oxygens (including phenoxy) is 2. The minimum atomic E-state index is -4.12. The third kappa shape index (κ3) is 7.60. The SMILES string of the molecule is COc1cccc(CN([C@H](CC(C)C)C(=O)NO)S(=O)(=O)c2ccc(OCCCCl)cc2)c1. The first-order chi connectivity index (χ1) is 15.7. The first-order valence-electron chi connectivity index (χ1n) is 10.6. The summed E-state index contributed by atoms with van der Waals surface area (Å²) in [5.74, 6) is 0.750. The second kappa shape index (κ2) is 12.8. The van der Waals surface area contributed by atoms with Gasteiger partial charge in [0.15, 0.2) is 0 Å². The predicted octanol–water partition coefficient (Wildman–Crippen LogP) is 3.81. The van der Waals surface area contributed by atoms with Crippen LogP contribution in [0, 0.1) is 5.92 Å². The van der Waals surface area contributed by atoms with Crippen LogP contribution in [-0.2, 0) is 21.4 Å². The average Bonchev–Trinajstić information content (AvgIpc) is 2.81. The van der Waals surface area contributed by atoms with E-state index >= 15 is 0 Å². The maximum atomic E-state index is 13.7. The van der Waals surface area contributed by atoms with Crippen molar-refractivity contribution < 1.29 is 27.9 Å². The zero-order valence-electron chi connectivity index (χ0n) is 19.0. The highest BCUT2D eigenvalue weighted by Crippen LogP contribution is 2.27. The smallest absolute Gasteiger partial charge is 0.261 e. The van der Waals surface area contributed by atoms with Crippen molar-refractivity contribution in [3.63, 3.8) is 0 Å². The van der Waals surface area contributed by atoms with E-state index in [1.807, 2.05) is 13.8 Å². The van der Waals surface area contributed by atoms with Gasteiger partial charge in [0.05, 0.1) is 18.6 Å². The molecule has 0 heterocycles. The number of hydroxylamine groups is 1. The van der Waals surface area contributed by atoms with E-state index in [4.69, 9.17) is 21.1 Å². The van der Waals surface area contributed by atoms with E-state index in [1.54, 1.807) is 41.9 Å². The first kappa shape index (κ1) is 26.9. The zero-order chi connectivity index (χ0) is 24.4. The van der Waals surface area contributed by atoms with Gasteiger partial charge in [-0.15, -0.1) is 11.6 Å². The van der Waals surface area contributed by atoms with Gasteiger partial charge in [0, 0.05) is 12.4 Å². The summed E-state index contributed by atoms with van der Waals surface area (Å²) in [5.41, 5.74) is 2.26. The molecule has 0 aliphatic heterocycles. The average molecular weight is 499 g/mol. The molecule has 33 heavy (non-hydrogen) atoms. The lowest BCUT2D eigenvalue weighted by Crippen LogP contribution is -2.49. The molecular formula is C23H31ClN2O6S. The predicted molar refractivity (Wildman–Crippen MR) is 126 cm³/mol. The zero-order valence-corrected chi connectivity index (χ0v) is 20.6. The largest absolute Gasteiger partial charge is 0.497 e. The summed E-state index contributed by atoms with van der Waals surface area (Å²) in [6.45, 7) is 4.09. The van der Waals surface area contributed by atoms with Crippen LogP contribution in [0.5, 0.6) is 11.5 Å². The highest BCUT2D eigenvalue weighted by molar-refractivity contribution is 7.89. The van der Waals surface area contributed by atoms with Crippen LogP contribution in [0.25, 0.3) is 0 Å². The van der Waals surface area contributed by atoms with Crippen LogP contribution in [0.15, 0.2) is 53.4 Å². The molecule has 1 amide bonds. The van der Waals surface area contributed by atoms with Crippen LogP contribution in [0.1, 0.15) is 32.3 Å². The van der Waals surface area contributed by atoms with Crippen molar-refractivity contribution in [2.75, 3.05) is 19.6 Å². The molecule has 0 aliphatic rings. The summed E-state index contributed by atoms with van der Waals surface area (Å²) in [6, 6.07) is 11.8. The molecule has 0 aromatic heterocycles. The van der Waals surface area contributed by atoms with Gasteiger partial charge in [-0.05, 0) is 60.7 Å². The monoisotopic (exact) mass is 498 g/mol. The van der Waals surface area contributed by atoms with Crippen molar-refractivity contribution in [2.24, 2.45) is 5.92 Å². The molecule has 2 N–H and O–H groups in total. The summed E-state index contributed by atoms with van der Waals surface area (Å²) in [4.78, 5) is 12.6. The van der Waals surface area contributed by atoms with Gasteiger partial charge < -0.3 is 9.47 Å². The summed E-state index contributed by atoms with van der Waals surface area (Å²) < 4.78 is 39.3. The Hall–Kier alpha value is -2.33. The molecule has 0 radical (unpaired) electrons. The van der Waals surface area contributed by atoms with Crippen LogP contribution in [0.2, 0.25) is 0 Å². The number of hydrogen-bond donors (Lipinski definition) is 2. The van der Waals surface area contributed by atoms with Crippen molar-refractivity contribution >= 4 is 27.5 Å². The molecule has 1 atom stereocenters. The van der Waals surface area contributed by atoms with Gasteiger partial charge in [0.1, 0.15) is 17.5 Å². The molecule has 0 saturated carbocycles. The Labute approximate surface area is 200 Å². The fourth-order valence-corrected chi connectivity index (χ4v) is 4.97. The number of nitrogens with zero attached hydrogens (tertiary/aromatic N) is 1. The molecule has 0 aliphatic carbocycles. The number of nitrogens with one attached hydrogen (secondary N) is 1. The molecule has 10 heteroatoms. The molecule has 0 fully saturated rings. The van der Waals surface area contributed by atoms with Crippen molar-refractivity contribution in [1.82, 2.24) is 9.79 Å². The Morgan fingerprint density at radius 1 is 1.15 bits per heavy atom. The second-order valence-corrected chi connectivity index (χ2v) is 10.2. The van der Waals surface area contributed by atoms with Gasteiger partial charge in [-0.2, -0.15) is 4.31 Å². The van der Waals surface area contributed by atoms with Crippen molar-refractivity contribution in [3.8, 4) is 11.5 Å². The van der Waals surface area contributed by atoms with Gasteiger partial charge in [-0.3, -0.25) is 10.0 Å². The van der Waals surface area contributed by atoms with E-state index in [2.05, 4.69) is 0 Å². The van der Waals surface area contributed by atoms with Crippen LogP contribution in [0.4, 0.5) is 0 Å². The minimum absolute atomic E-state index is 0.00646. The minimum Gasteiger partial charge on any atom is -0.497 e. The van der Waals surface area contributed by atoms with Gasteiger partial charge in [-0.1, -0.05) is 26.0 Å². The molecular weight excluding hydrogens is 468 g/mol. The second-order valence-electron chi connectivity index (χ2n) is 7.89. The number of amides is 1. The van der Waals surface area contributed by atoms with E-state index in [9.17, 15) is 18.4 Å². The lowest BCUT2D eigenvalue weighted by molar-refractivity contribution is -0.133. The number of hydrogen-bond acceptors (Lipinski definition) is 6. The number of sulfonamides is 1. The fourth-order valence-electron chi connectivity index (χ4n) is 3.28. The number of halogens is 1. The van der Waals surface area contributed by atoms with Crippen LogP contribution in [-0.4, -0.2) is 49.5 Å². The van der Waals surface area contributed by atoms with E-state index in [-0.39, 0.29) is 23.8 Å². The maximum absolute atomic E-state index is 13.7. The Balaban J connectivity index is 2.46.